The Labute approximate surface area is 213 Å². The molecule has 0 radical (unpaired) electrons. The second-order valence-corrected chi connectivity index (χ2v) is 9.30. The maximum Gasteiger partial charge on any atom is 0.339 e. The van der Waals surface area contributed by atoms with Crippen LogP contribution in [0.4, 0.5) is 0 Å². The van der Waals surface area contributed by atoms with Crippen LogP contribution in [0.1, 0.15) is 70.9 Å². The molecule has 0 bridgehead atoms. The van der Waals surface area contributed by atoms with Gasteiger partial charge in [0, 0.05) is 16.5 Å². The van der Waals surface area contributed by atoms with Gasteiger partial charge in [0.15, 0.2) is 12.4 Å². The van der Waals surface area contributed by atoms with E-state index in [1.165, 1.54) is 37.7 Å². The van der Waals surface area contributed by atoms with Gasteiger partial charge in [-0.15, -0.1) is 0 Å². The van der Waals surface area contributed by atoms with E-state index >= 15 is 0 Å². The molecule has 3 aromatic carbocycles. The topological polar surface area (TPSA) is 56.3 Å². The lowest BCUT2D eigenvalue weighted by Crippen LogP contribution is -2.15. The van der Waals surface area contributed by atoms with Gasteiger partial charge >= 0.3 is 5.97 Å². The molecule has 0 amide bonds. The summed E-state index contributed by atoms with van der Waals surface area (Å²) >= 11 is 0. The summed E-state index contributed by atoms with van der Waals surface area (Å²) in [4.78, 5) is 30.4. The number of carbonyl (C=O) groups is 2. The Morgan fingerprint density at radius 3 is 2.33 bits per heavy atom. The Bertz CT molecular complexity index is 1330. The summed E-state index contributed by atoms with van der Waals surface area (Å²) in [5.74, 6) is -0.758. The fourth-order valence-electron chi connectivity index (χ4n) is 4.35. The molecule has 0 spiro atoms. The molecule has 4 heteroatoms. The number of aryl methyl sites for hydroxylation is 2. The fourth-order valence-corrected chi connectivity index (χ4v) is 4.35. The summed E-state index contributed by atoms with van der Waals surface area (Å²) < 4.78 is 5.46. The number of unbranched alkanes of at least 4 members (excludes halogenated alkanes) is 4. The Morgan fingerprint density at radius 2 is 1.58 bits per heavy atom. The molecular formula is C32H33NO3. The number of aromatic nitrogens is 1. The Balaban J connectivity index is 1.54. The SMILES string of the molecule is CCCCCCCc1ccc(-c2cc(C(=O)OCC(=O)c3ccccc3)c3cc(C)ccc3n2)cc1. The normalized spacial score (nSPS) is 10.9. The quantitative estimate of drug-likeness (QED) is 0.125. The van der Waals surface area contributed by atoms with E-state index in [1.807, 2.05) is 31.2 Å². The van der Waals surface area contributed by atoms with Crippen LogP contribution in [0.5, 0.6) is 0 Å². The molecule has 4 nitrogen and oxygen atoms in total. The van der Waals surface area contributed by atoms with Gasteiger partial charge in [0.05, 0.1) is 16.8 Å². The Kier molecular flexibility index (Phi) is 8.62. The summed E-state index contributed by atoms with van der Waals surface area (Å²) in [6.07, 6.45) is 7.39. The zero-order valence-electron chi connectivity index (χ0n) is 21.1. The van der Waals surface area contributed by atoms with Crippen LogP contribution < -0.4 is 0 Å². The van der Waals surface area contributed by atoms with E-state index in [2.05, 4.69) is 31.2 Å². The van der Waals surface area contributed by atoms with Crippen molar-refractivity contribution in [3.63, 3.8) is 0 Å². The number of nitrogens with zero attached hydrogens (tertiary/aromatic N) is 1. The number of Topliss-reactive ketones (excluding diaryl/α,β-unsaturated/α-hetero) is 1. The van der Waals surface area contributed by atoms with Gasteiger partial charge in [-0.1, -0.05) is 98.8 Å². The van der Waals surface area contributed by atoms with Crippen molar-refractivity contribution >= 4 is 22.7 Å². The molecule has 0 aliphatic rings. The van der Waals surface area contributed by atoms with Gasteiger partial charge in [-0.05, 0) is 43.5 Å². The molecule has 4 aromatic rings. The lowest BCUT2D eigenvalue weighted by Gasteiger charge is -2.11. The van der Waals surface area contributed by atoms with Crippen molar-refractivity contribution in [3.05, 3.63) is 101 Å². The van der Waals surface area contributed by atoms with E-state index in [-0.39, 0.29) is 12.4 Å². The number of esters is 1. The molecule has 36 heavy (non-hydrogen) atoms. The van der Waals surface area contributed by atoms with Gasteiger partial charge in [-0.3, -0.25) is 4.79 Å². The van der Waals surface area contributed by atoms with E-state index in [0.29, 0.717) is 16.8 Å². The Morgan fingerprint density at radius 1 is 0.833 bits per heavy atom. The molecule has 184 valence electrons. The van der Waals surface area contributed by atoms with Crippen LogP contribution >= 0.6 is 0 Å². The standard InChI is InChI=1S/C32H33NO3/c1-3-4-5-6-8-11-24-15-17-25(18-16-24)30-21-28(27-20-23(2)14-19-29(27)33-30)32(35)36-22-31(34)26-12-9-7-10-13-26/h7,9-10,12-21H,3-6,8,11,22H2,1-2H3. The van der Waals surface area contributed by atoms with Crippen LogP contribution in [-0.4, -0.2) is 23.3 Å². The van der Waals surface area contributed by atoms with Gasteiger partial charge in [-0.2, -0.15) is 0 Å². The molecule has 0 aliphatic carbocycles. The van der Waals surface area contributed by atoms with E-state index in [4.69, 9.17) is 9.72 Å². The maximum atomic E-state index is 13.1. The predicted octanol–water partition coefficient (Wildman–Crippen LogP) is 7.76. The molecule has 0 saturated carbocycles. The zero-order chi connectivity index (χ0) is 25.3. The van der Waals surface area contributed by atoms with Gasteiger partial charge in [-0.25, -0.2) is 9.78 Å². The number of hydrogen-bond acceptors (Lipinski definition) is 4. The van der Waals surface area contributed by atoms with Gasteiger partial charge in [0.25, 0.3) is 0 Å². The molecule has 0 unspecified atom stereocenters. The third kappa shape index (κ3) is 6.45. The minimum absolute atomic E-state index is 0.232. The van der Waals surface area contributed by atoms with Crippen LogP contribution in [0.15, 0.2) is 78.9 Å². The highest BCUT2D eigenvalue weighted by Gasteiger charge is 2.17. The van der Waals surface area contributed by atoms with Crippen molar-refractivity contribution < 1.29 is 14.3 Å². The van der Waals surface area contributed by atoms with Crippen molar-refractivity contribution in [1.29, 1.82) is 0 Å². The molecule has 1 heterocycles. The van der Waals surface area contributed by atoms with E-state index in [1.54, 1.807) is 30.3 Å². The predicted molar refractivity (Wildman–Crippen MR) is 145 cm³/mol. The molecule has 0 N–H and O–H groups in total. The van der Waals surface area contributed by atoms with E-state index < -0.39 is 5.97 Å². The minimum Gasteiger partial charge on any atom is -0.454 e. The molecule has 0 fully saturated rings. The summed E-state index contributed by atoms with van der Waals surface area (Å²) in [5.41, 5.74) is 5.65. The van der Waals surface area contributed by atoms with Gasteiger partial charge < -0.3 is 4.74 Å². The highest BCUT2D eigenvalue weighted by atomic mass is 16.5. The Hall–Kier alpha value is -3.79. The van der Waals surface area contributed by atoms with Crippen molar-refractivity contribution in [1.82, 2.24) is 4.98 Å². The first-order valence-corrected chi connectivity index (χ1v) is 12.8. The second kappa shape index (κ2) is 12.3. The minimum atomic E-state index is -0.526. The highest BCUT2D eigenvalue weighted by Crippen LogP contribution is 2.27. The van der Waals surface area contributed by atoms with Crippen LogP contribution in [0.3, 0.4) is 0 Å². The summed E-state index contributed by atoms with van der Waals surface area (Å²) in [6.45, 7) is 3.90. The van der Waals surface area contributed by atoms with E-state index in [0.717, 1.165) is 28.5 Å². The van der Waals surface area contributed by atoms with Crippen LogP contribution in [-0.2, 0) is 11.2 Å². The third-order valence-electron chi connectivity index (χ3n) is 6.43. The van der Waals surface area contributed by atoms with Crippen LogP contribution in [0.25, 0.3) is 22.2 Å². The first kappa shape index (κ1) is 25.3. The molecule has 1 aromatic heterocycles. The average Bonchev–Trinajstić information content (AvgIpc) is 2.91. The number of pyridine rings is 1. The summed E-state index contributed by atoms with van der Waals surface area (Å²) in [5, 5.41) is 0.722. The largest absolute Gasteiger partial charge is 0.454 e. The highest BCUT2D eigenvalue weighted by molar-refractivity contribution is 6.06. The van der Waals surface area contributed by atoms with Crippen molar-refractivity contribution in [3.8, 4) is 11.3 Å². The van der Waals surface area contributed by atoms with Crippen LogP contribution in [0, 0.1) is 6.92 Å². The zero-order valence-corrected chi connectivity index (χ0v) is 21.1. The van der Waals surface area contributed by atoms with Crippen molar-refractivity contribution in [2.75, 3.05) is 6.61 Å². The molecule has 4 rings (SSSR count). The van der Waals surface area contributed by atoms with Gasteiger partial charge in [0.1, 0.15) is 0 Å². The molecule has 0 aliphatic heterocycles. The maximum absolute atomic E-state index is 13.1. The van der Waals surface area contributed by atoms with Crippen molar-refractivity contribution in [2.24, 2.45) is 0 Å². The molecular weight excluding hydrogens is 446 g/mol. The smallest absolute Gasteiger partial charge is 0.339 e. The molecule has 0 atom stereocenters. The number of ketones is 1. The first-order valence-electron chi connectivity index (χ1n) is 12.8. The summed E-state index contributed by atoms with van der Waals surface area (Å²) in [7, 11) is 0. The number of rotatable bonds is 11. The lowest BCUT2D eigenvalue weighted by atomic mass is 10.0. The molecule has 0 saturated heterocycles. The number of fused-ring (bicyclic) bond motifs is 1. The number of benzene rings is 3. The van der Waals surface area contributed by atoms with E-state index in [9.17, 15) is 9.59 Å². The number of carbonyl (C=O) groups excluding carboxylic acids is 2. The average molecular weight is 480 g/mol. The monoisotopic (exact) mass is 479 g/mol. The third-order valence-corrected chi connectivity index (χ3v) is 6.43. The lowest BCUT2D eigenvalue weighted by molar-refractivity contribution is 0.0476. The van der Waals surface area contributed by atoms with Crippen LogP contribution in [0.2, 0.25) is 0 Å². The summed E-state index contributed by atoms with van der Waals surface area (Å²) in [6, 6.07) is 24.9. The second-order valence-electron chi connectivity index (χ2n) is 9.30. The van der Waals surface area contributed by atoms with Gasteiger partial charge in [0.2, 0.25) is 0 Å². The number of hydrogen-bond donors (Lipinski definition) is 0. The fraction of sp³-hybridized carbons (Fsp3) is 0.281. The number of ether oxygens (including phenoxy) is 1. The van der Waals surface area contributed by atoms with Crippen molar-refractivity contribution in [2.45, 2.75) is 52.4 Å². The first-order chi connectivity index (χ1) is 17.5.